The molecule has 2 aromatic heterocycles. The quantitative estimate of drug-likeness (QED) is 0.532. The Kier molecular flexibility index (Phi) is 5.43. The topological polar surface area (TPSA) is 77.1 Å². The number of carbonyl (C=O) groups excluding carboxylic acids is 1. The minimum Gasteiger partial charge on any atom is -0.469 e. The minimum absolute atomic E-state index is 0.109. The largest absolute Gasteiger partial charge is 0.469 e. The number of aromatic nitrogens is 2. The summed E-state index contributed by atoms with van der Waals surface area (Å²) in [7, 11) is 1.63. The van der Waals surface area contributed by atoms with Crippen LogP contribution in [0.4, 0.5) is 4.39 Å². The van der Waals surface area contributed by atoms with Crippen LogP contribution in [0.2, 0.25) is 0 Å². The van der Waals surface area contributed by atoms with Gasteiger partial charge in [-0.15, -0.1) is 0 Å². The van der Waals surface area contributed by atoms with E-state index in [4.69, 9.17) is 4.42 Å². The van der Waals surface area contributed by atoms with E-state index in [2.05, 4.69) is 10.3 Å². The smallest absolute Gasteiger partial charge is 0.260 e. The number of carbonyl (C=O) groups is 1. The first-order valence-corrected chi connectivity index (χ1v) is 9.55. The molecule has 0 saturated carbocycles. The van der Waals surface area contributed by atoms with Gasteiger partial charge in [-0.1, -0.05) is 12.1 Å². The fourth-order valence-electron chi connectivity index (χ4n) is 3.44. The second kappa shape index (κ2) is 8.32. The Morgan fingerprint density at radius 2 is 2.00 bits per heavy atom. The van der Waals surface area contributed by atoms with Gasteiger partial charge in [0.15, 0.2) is 0 Å². The van der Waals surface area contributed by atoms with Gasteiger partial charge in [-0.05, 0) is 54.4 Å². The van der Waals surface area contributed by atoms with Gasteiger partial charge in [-0.25, -0.2) is 9.37 Å². The highest BCUT2D eigenvalue weighted by Gasteiger charge is 2.18. The molecule has 0 bridgehead atoms. The van der Waals surface area contributed by atoms with Crippen molar-refractivity contribution in [3.05, 3.63) is 100 Å². The molecule has 0 aliphatic heterocycles. The van der Waals surface area contributed by atoms with Crippen LogP contribution in [0.3, 0.4) is 0 Å². The second-order valence-electron chi connectivity index (χ2n) is 7.06. The first-order chi connectivity index (χ1) is 14.5. The Labute approximate surface area is 172 Å². The van der Waals surface area contributed by atoms with E-state index in [1.165, 1.54) is 23.0 Å². The van der Waals surface area contributed by atoms with Gasteiger partial charge >= 0.3 is 0 Å². The second-order valence-corrected chi connectivity index (χ2v) is 7.06. The third kappa shape index (κ3) is 4.00. The van der Waals surface area contributed by atoms with Gasteiger partial charge in [0.25, 0.3) is 11.5 Å². The summed E-state index contributed by atoms with van der Waals surface area (Å²) < 4.78 is 20.2. The summed E-state index contributed by atoms with van der Waals surface area (Å²) >= 11 is 0. The monoisotopic (exact) mass is 405 g/mol. The van der Waals surface area contributed by atoms with Crippen molar-refractivity contribution in [1.29, 1.82) is 0 Å². The molecular formula is C23H20FN3O3. The number of nitrogens with zero attached hydrogens (tertiary/aromatic N) is 2. The molecule has 7 heteroatoms. The van der Waals surface area contributed by atoms with Crippen LogP contribution in [0.15, 0.2) is 76.4 Å². The average Bonchev–Trinajstić information content (AvgIpc) is 3.29. The molecular weight excluding hydrogens is 385 g/mol. The lowest BCUT2D eigenvalue weighted by Gasteiger charge is -2.16. The summed E-state index contributed by atoms with van der Waals surface area (Å²) in [5.74, 6) is 0.0884. The highest BCUT2D eigenvalue weighted by atomic mass is 19.1. The highest BCUT2D eigenvalue weighted by Crippen LogP contribution is 2.28. The summed E-state index contributed by atoms with van der Waals surface area (Å²) in [6.45, 7) is 0.392. The standard InChI is InChI=1S/C23H20FN3O3/c1-27-14-26-20-13-16(6-9-19(20)23(27)29)22(28)25-11-10-18(21-3-2-12-30-21)15-4-7-17(24)8-5-15/h2-9,12-14,18H,10-11H2,1H3,(H,25,28)/t18-/m0/s1. The molecule has 0 spiro atoms. The molecule has 1 atom stereocenters. The lowest BCUT2D eigenvalue weighted by atomic mass is 9.93. The molecule has 6 nitrogen and oxygen atoms in total. The van der Waals surface area contributed by atoms with E-state index in [1.807, 2.05) is 6.07 Å². The van der Waals surface area contributed by atoms with Crippen molar-refractivity contribution < 1.29 is 13.6 Å². The SMILES string of the molecule is Cn1cnc2cc(C(=O)NCC[C@@H](c3ccc(F)cc3)c3ccco3)ccc2c1=O. The van der Waals surface area contributed by atoms with Crippen LogP contribution < -0.4 is 10.9 Å². The molecule has 1 N–H and O–H groups in total. The fourth-order valence-corrected chi connectivity index (χ4v) is 3.44. The number of fused-ring (bicyclic) bond motifs is 1. The van der Waals surface area contributed by atoms with Crippen LogP contribution in [0.5, 0.6) is 0 Å². The zero-order chi connectivity index (χ0) is 21.1. The zero-order valence-electron chi connectivity index (χ0n) is 16.3. The first kappa shape index (κ1) is 19.6. The first-order valence-electron chi connectivity index (χ1n) is 9.55. The Bertz CT molecular complexity index is 1230. The molecule has 0 aliphatic rings. The maximum Gasteiger partial charge on any atom is 0.260 e. The van der Waals surface area contributed by atoms with Gasteiger partial charge in [-0.3, -0.25) is 9.59 Å². The van der Waals surface area contributed by atoms with E-state index < -0.39 is 0 Å². The number of nitrogens with one attached hydrogen (secondary N) is 1. The van der Waals surface area contributed by atoms with E-state index in [0.29, 0.717) is 29.4 Å². The Balaban J connectivity index is 1.47. The van der Waals surface area contributed by atoms with Gasteiger partial charge in [0.2, 0.25) is 0 Å². The number of halogens is 1. The molecule has 0 radical (unpaired) electrons. The Morgan fingerprint density at radius 3 is 2.73 bits per heavy atom. The highest BCUT2D eigenvalue weighted by molar-refractivity contribution is 5.97. The van der Waals surface area contributed by atoms with Crippen molar-refractivity contribution in [2.75, 3.05) is 6.54 Å². The summed E-state index contributed by atoms with van der Waals surface area (Å²) in [6.07, 6.45) is 3.61. The summed E-state index contributed by atoms with van der Waals surface area (Å²) in [5.41, 5.74) is 1.66. The van der Waals surface area contributed by atoms with Crippen molar-refractivity contribution in [1.82, 2.24) is 14.9 Å². The van der Waals surface area contributed by atoms with E-state index in [-0.39, 0.29) is 23.2 Å². The molecule has 2 aromatic carbocycles. The van der Waals surface area contributed by atoms with Crippen molar-refractivity contribution in [3.8, 4) is 0 Å². The molecule has 0 unspecified atom stereocenters. The lowest BCUT2D eigenvalue weighted by Crippen LogP contribution is -2.26. The molecule has 0 fully saturated rings. The van der Waals surface area contributed by atoms with E-state index in [9.17, 15) is 14.0 Å². The van der Waals surface area contributed by atoms with Crippen LogP contribution in [0, 0.1) is 5.82 Å². The molecule has 2 heterocycles. The molecule has 1 amide bonds. The number of benzene rings is 2. The van der Waals surface area contributed by atoms with Crippen LogP contribution in [-0.2, 0) is 7.05 Å². The van der Waals surface area contributed by atoms with Crippen LogP contribution in [-0.4, -0.2) is 22.0 Å². The van der Waals surface area contributed by atoms with E-state index in [1.54, 1.807) is 49.7 Å². The minimum atomic E-state index is -0.301. The number of aryl methyl sites for hydroxylation is 1. The summed E-state index contributed by atoms with van der Waals surface area (Å²) in [5, 5.41) is 3.36. The van der Waals surface area contributed by atoms with Crippen LogP contribution in [0.25, 0.3) is 10.9 Å². The number of amides is 1. The number of hydrogen-bond acceptors (Lipinski definition) is 4. The third-order valence-corrected chi connectivity index (χ3v) is 5.06. The maximum atomic E-state index is 13.3. The van der Waals surface area contributed by atoms with Gasteiger partial charge < -0.3 is 14.3 Å². The Hall–Kier alpha value is -3.74. The van der Waals surface area contributed by atoms with Crippen LogP contribution >= 0.6 is 0 Å². The summed E-state index contributed by atoms with van der Waals surface area (Å²) in [4.78, 5) is 28.9. The lowest BCUT2D eigenvalue weighted by molar-refractivity contribution is 0.0952. The van der Waals surface area contributed by atoms with Crippen LogP contribution in [0.1, 0.15) is 34.0 Å². The van der Waals surface area contributed by atoms with Gasteiger partial charge in [0.1, 0.15) is 11.6 Å². The zero-order valence-corrected chi connectivity index (χ0v) is 16.3. The molecule has 0 aliphatic carbocycles. The average molecular weight is 405 g/mol. The van der Waals surface area contributed by atoms with Crippen molar-refractivity contribution in [2.24, 2.45) is 7.05 Å². The predicted molar refractivity (Wildman–Crippen MR) is 111 cm³/mol. The molecule has 4 aromatic rings. The fraction of sp³-hybridized carbons (Fsp3) is 0.174. The molecule has 152 valence electrons. The number of rotatable bonds is 6. The predicted octanol–water partition coefficient (Wildman–Crippen LogP) is 3.62. The summed E-state index contributed by atoms with van der Waals surface area (Å²) in [6, 6.07) is 14.8. The van der Waals surface area contributed by atoms with Gasteiger partial charge in [-0.2, -0.15) is 0 Å². The molecule has 0 saturated heterocycles. The number of furan rings is 1. The van der Waals surface area contributed by atoms with Gasteiger partial charge in [0.05, 0.1) is 23.5 Å². The molecule has 4 rings (SSSR count). The van der Waals surface area contributed by atoms with Crippen molar-refractivity contribution in [3.63, 3.8) is 0 Å². The third-order valence-electron chi connectivity index (χ3n) is 5.06. The normalized spacial score (nSPS) is 12.1. The Morgan fingerprint density at radius 1 is 1.20 bits per heavy atom. The molecule has 30 heavy (non-hydrogen) atoms. The van der Waals surface area contributed by atoms with E-state index in [0.717, 1.165) is 11.3 Å². The van der Waals surface area contributed by atoms with Crippen molar-refractivity contribution >= 4 is 16.8 Å². The van der Waals surface area contributed by atoms with Gasteiger partial charge in [0, 0.05) is 25.1 Å². The number of hydrogen-bond donors (Lipinski definition) is 1. The maximum absolute atomic E-state index is 13.3. The van der Waals surface area contributed by atoms with E-state index >= 15 is 0 Å². The van der Waals surface area contributed by atoms with Crippen molar-refractivity contribution in [2.45, 2.75) is 12.3 Å².